The van der Waals surface area contributed by atoms with Gasteiger partial charge in [0.1, 0.15) is 0 Å². The largest absolute Gasteiger partial charge is 0.335 e. The monoisotopic (exact) mass is 422 g/mol. The van der Waals surface area contributed by atoms with Crippen molar-refractivity contribution in [3.05, 3.63) is 70.8 Å². The molecule has 0 atom stereocenters. The van der Waals surface area contributed by atoms with E-state index in [-0.39, 0.29) is 0 Å². The van der Waals surface area contributed by atoms with Gasteiger partial charge < -0.3 is 9.05 Å². The fourth-order valence-electron chi connectivity index (χ4n) is 2.39. The van der Waals surface area contributed by atoms with Crippen LogP contribution in [0.3, 0.4) is 0 Å². The van der Waals surface area contributed by atoms with Crippen molar-refractivity contribution in [2.75, 3.05) is 13.2 Å². The van der Waals surface area contributed by atoms with Crippen molar-refractivity contribution in [3.8, 4) is 0 Å². The fraction of sp³-hybridized carbons (Fsp3) is 0.300. The van der Waals surface area contributed by atoms with Crippen LogP contribution in [0.4, 0.5) is 0 Å². The smallest absolute Gasteiger partial charge is 0.309 e. The summed E-state index contributed by atoms with van der Waals surface area (Å²) >= 11 is 3.45. The summed E-state index contributed by atoms with van der Waals surface area (Å²) in [5, 5.41) is 0.867. The normalized spacial score (nSPS) is 12.0. The second-order valence-electron chi connectivity index (χ2n) is 5.55. The molecule has 0 spiro atoms. The standard InChI is InChI=1S/C20H24BrO3P/c1-3-23-25(22,24-4-2)16-20-13-9-18(10-14-20)6-5-17-7-11-19(15-21)12-8-17/h5-14H,3-4,15-16H2,1-2H3/b6-5+. The van der Waals surface area contributed by atoms with Crippen molar-refractivity contribution < 1.29 is 13.6 Å². The summed E-state index contributed by atoms with van der Waals surface area (Å²) in [6.45, 7) is 4.41. The summed E-state index contributed by atoms with van der Waals surface area (Å²) in [6, 6.07) is 16.4. The average molecular weight is 423 g/mol. The maximum Gasteiger partial charge on any atom is 0.335 e. The lowest BCUT2D eigenvalue weighted by atomic mass is 10.1. The zero-order valence-electron chi connectivity index (χ0n) is 14.7. The van der Waals surface area contributed by atoms with E-state index in [0.717, 1.165) is 22.0 Å². The lowest BCUT2D eigenvalue weighted by Gasteiger charge is -2.16. The molecule has 134 valence electrons. The topological polar surface area (TPSA) is 35.5 Å². The molecule has 0 N–H and O–H groups in total. The Balaban J connectivity index is 2.03. The van der Waals surface area contributed by atoms with Gasteiger partial charge in [0.15, 0.2) is 0 Å². The quantitative estimate of drug-likeness (QED) is 0.262. The van der Waals surface area contributed by atoms with Gasteiger partial charge in [0, 0.05) is 5.33 Å². The molecule has 5 heteroatoms. The molecule has 2 aromatic carbocycles. The van der Waals surface area contributed by atoms with Crippen LogP contribution in [0, 0.1) is 0 Å². The molecule has 0 saturated heterocycles. The van der Waals surface area contributed by atoms with Gasteiger partial charge in [0.25, 0.3) is 0 Å². The summed E-state index contributed by atoms with van der Waals surface area (Å²) in [5.41, 5.74) is 4.46. The number of alkyl halides is 1. The molecule has 0 radical (unpaired) electrons. The van der Waals surface area contributed by atoms with Crippen LogP contribution in [0.5, 0.6) is 0 Å². The van der Waals surface area contributed by atoms with Gasteiger partial charge >= 0.3 is 7.60 Å². The van der Waals surface area contributed by atoms with Crippen LogP contribution in [0.25, 0.3) is 12.2 Å². The number of rotatable bonds is 9. The van der Waals surface area contributed by atoms with Crippen LogP contribution < -0.4 is 0 Å². The zero-order valence-corrected chi connectivity index (χ0v) is 17.1. The minimum atomic E-state index is -3.05. The summed E-state index contributed by atoms with van der Waals surface area (Å²) < 4.78 is 23.3. The van der Waals surface area contributed by atoms with Crippen LogP contribution in [0.2, 0.25) is 0 Å². The first-order valence-corrected chi connectivity index (χ1v) is 11.2. The van der Waals surface area contributed by atoms with Crippen molar-refractivity contribution in [3.63, 3.8) is 0 Å². The Morgan fingerprint density at radius 1 is 0.840 bits per heavy atom. The van der Waals surface area contributed by atoms with E-state index in [9.17, 15) is 4.57 Å². The lowest BCUT2D eigenvalue weighted by molar-refractivity contribution is 0.219. The van der Waals surface area contributed by atoms with Crippen LogP contribution in [-0.4, -0.2) is 13.2 Å². The second-order valence-corrected chi connectivity index (χ2v) is 8.17. The van der Waals surface area contributed by atoms with Crippen LogP contribution in [0.15, 0.2) is 48.5 Å². The Hall–Kier alpha value is -1.19. The summed E-state index contributed by atoms with van der Waals surface area (Å²) in [5.74, 6) is 0. The third-order valence-corrected chi connectivity index (χ3v) is 6.31. The minimum absolute atomic E-state index is 0.298. The Morgan fingerprint density at radius 3 is 1.68 bits per heavy atom. The van der Waals surface area contributed by atoms with E-state index in [1.54, 1.807) is 0 Å². The third kappa shape index (κ3) is 6.56. The Kier molecular flexibility index (Phi) is 8.11. The van der Waals surface area contributed by atoms with Crippen molar-refractivity contribution in [2.45, 2.75) is 25.3 Å². The van der Waals surface area contributed by atoms with Gasteiger partial charge in [0.2, 0.25) is 0 Å². The highest BCUT2D eigenvalue weighted by Gasteiger charge is 2.23. The number of halogens is 1. The fourth-order valence-corrected chi connectivity index (χ4v) is 4.47. The molecule has 0 aliphatic rings. The molecule has 0 aliphatic carbocycles. The van der Waals surface area contributed by atoms with E-state index < -0.39 is 7.60 Å². The summed E-state index contributed by atoms with van der Waals surface area (Å²) in [6.07, 6.45) is 4.45. The molecular weight excluding hydrogens is 399 g/mol. The Labute approximate surface area is 158 Å². The highest BCUT2D eigenvalue weighted by atomic mass is 79.9. The van der Waals surface area contributed by atoms with Gasteiger partial charge in [-0.3, -0.25) is 4.57 Å². The molecular formula is C20H24BrO3P. The van der Waals surface area contributed by atoms with E-state index in [2.05, 4.69) is 52.3 Å². The number of hydrogen-bond donors (Lipinski definition) is 0. The van der Waals surface area contributed by atoms with E-state index in [4.69, 9.17) is 9.05 Å². The van der Waals surface area contributed by atoms with Crippen molar-refractivity contribution in [1.29, 1.82) is 0 Å². The summed E-state index contributed by atoms with van der Waals surface area (Å²) in [4.78, 5) is 0. The van der Waals surface area contributed by atoms with Gasteiger partial charge in [-0.2, -0.15) is 0 Å². The molecule has 0 aromatic heterocycles. The third-order valence-electron chi connectivity index (χ3n) is 3.61. The zero-order chi connectivity index (χ0) is 18.1. The van der Waals surface area contributed by atoms with E-state index in [1.165, 1.54) is 5.56 Å². The molecule has 0 heterocycles. The van der Waals surface area contributed by atoms with Gasteiger partial charge in [-0.25, -0.2) is 0 Å². The molecule has 0 unspecified atom stereocenters. The van der Waals surface area contributed by atoms with Gasteiger partial charge in [-0.15, -0.1) is 0 Å². The van der Waals surface area contributed by atoms with E-state index in [0.29, 0.717) is 19.4 Å². The first-order chi connectivity index (χ1) is 12.1. The van der Waals surface area contributed by atoms with Crippen molar-refractivity contribution in [1.82, 2.24) is 0 Å². The van der Waals surface area contributed by atoms with Gasteiger partial charge in [-0.05, 0) is 36.1 Å². The van der Waals surface area contributed by atoms with Gasteiger partial charge in [0.05, 0.1) is 19.4 Å². The van der Waals surface area contributed by atoms with Crippen LogP contribution >= 0.6 is 23.5 Å². The van der Waals surface area contributed by atoms with Crippen LogP contribution in [0.1, 0.15) is 36.1 Å². The molecule has 0 amide bonds. The van der Waals surface area contributed by atoms with Crippen LogP contribution in [-0.2, 0) is 25.1 Å². The molecule has 0 bridgehead atoms. The molecule has 0 aliphatic heterocycles. The maximum absolute atomic E-state index is 12.6. The molecule has 0 saturated carbocycles. The second kappa shape index (κ2) is 10.1. The maximum atomic E-state index is 12.6. The SMILES string of the molecule is CCOP(=O)(Cc1ccc(/C=C/c2ccc(CBr)cc2)cc1)OCC. The van der Waals surface area contributed by atoms with Crippen molar-refractivity contribution in [2.24, 2.45) is 0 Å². The Morgan fingerprint density at radius 2 is 1.28 bits per heavy atom. The predicted octanol–water partition coefficient (Wildman–Crippen LogP) is 6.52. The molecule has 3 nitrogen and oxygen atoms in total. The highest BCUT2D eigenvalue weighted by molar-refractivity contribution is 9.08. The molecule has 25 heavy (non-hydrogen) atoms. The van der Waals surface area contributed by atoms with E-state index >= 15 is 0 Å². The molecule has 2 rings (SSSR count). The Bertz CT molecular complexity index is 714. The minimum Gasteiger partial charge on any atom is -0.309 e. The molecule has 2 aromatic rings. The first kappa shape index (κ1) is 20.1. The van der Waals surface area contributed by atoms with Crippen molar-refractivity contribution >= 4 is 35.7 Å². The molecule has 0 fully saturated rings. The summed E-state index contributed by atoms with van der Waals surface area (Å²) in [7, 11) is -3.05. The first-order valence-electron chi connectivity index (χ1n) is 8.38. The number of benzene rings is 2. The highest BCUT2D eigenvalue weighted by Crippen LogP contribution is 2.51. The van der Waals surface area contributed by atoms with Gasteiger partial charge in [-0.1, -0.05) is 76.6 Å². The number of hydrogen-bond acceptors (Lipinski definition) is 3. The lowest BCUT2D eigenvalue weighted by Crippen LogP contribution is -1.99. The van der Waals surface area contributed by atoms with E-state index in [1.807, 2.05) is 38.1 Å². The average Bonchev–Trinajstić information content (AvgIpc) is 2.62. The predicted molar refractivity (Wildman–Crippen MR) is 109 cm³/mol.